The van der Waals surface area contributed by atoms with Crippen LogP contribution in [-0.4, -0.2) is 43.4 Å². The maximum atomic E-state index is 11.3. The standard InChI is InChI=1S/C14H15N3O4/c1-3-6-21-11-5-4-10(7-12(11)20-2)8-15-17-9-13(18)16-14(17)19/h3-5,7-8H,1,6,9H2,2H3,(H,16,18,19)/b15-8+. The van der Waals surface area contributed by atoms with E-state index in [9.17, 15) is 9.59 Å². The van der Waals surface area contributed by atoms with Crippen molar-refractivity contribution in [3.05, 3.63) is 36.4 Å². The maximum Gasteiger partial charge on any atom is 0.344 e. The number of nitrogens with zero attached hydrogens (tertiary/aromatic N) is 2. The summed E-state index contributed by atoms with van der Waals surface area (Å²) in [4.78, 5) is 22.4. The van der Waals surface area contributed by atoms with E-state index < -0.39 is 6.03 Å². The van der Waals surface area contributed by atoms with E-state index in [0.717, 1.165) is 5.01 Å². The van der Waals surface area contributed by atoms with Crippen molar-refractivity contribution in [1.82, 2.24) is 10.3 Å². The summed E-state index contributed by atoms with van der Waals surface area (Å²) in [6.07, 6.45) is 3.11. The molecule has 1 aromatic carbocycles. The van der Waals surface area contributed by atoms with Crippen molar-refractivity contribution in [2.24, 2.45) is 5.10 Å². The van der Waals surface area contributed by atoms with Crippen molar-refractivity contribution in [1.29, 1.82) is 0 Å². The van der Waals surface area contributed by atoms with Crippen LogP contribution in [0.3, 0.4) is 0 Å². The molecule has 1 heterocycles. The van der Waals surface area contributed by atoms with Gasteiger partial charge < -0.3 is 9.47 Å². The van der Waals surface area contributed by atoms with Gasteiger partial charge in [0.1, 0.15) is 13.2 Å². The highest BCUT2D eigenvalue weighted by Gasteiger charge is 2.25. The van der Waals surface area contributed by atoms with Gasteiger partial charge in [-0.2, -0.15) is 5.10 Å². The molecule has 1 fully saturated rings. The smallest absolute Gasteiger partial charge is 0.344 e. The molecular weight excluding hydrogens is 274 g/mol. The zero-order valence-corrected chi connectivity index (χ0v) is 11.5. The molecule has 1 saturated heterocycles. The van der Waals surface area contributed by atoms with Crippen LogP contribution < -0.4 is 14.8 Å². The topological polar surface area (TPSA) is 80.2 Å². The van der Waals surface area contributed by atoms with Gasteiger partial charge in [0.15, 0.2) is 11.5 Å². The van der Waals surface area contributed by atoms with E-state index in [1.807, 2.05) is 0 Å². The average Bonchev–Trinajstić information content (AvgIpc) is 2.81. The Morgan fingerprint density at radius 2 is 2.24 bits per heavy atom. The quantitative estimate of drug-likeness (QED) is 0.484. The van der Waals surface area contributed by atoms with Gasteiger partial charge >= 0.3 is 6.03 Å². The minimum Gasteiger partial charge on any atom is -0.493 e. The second-order valence-electron chi connectivity index (χ2n) is 4.17. The lowest BCUT2D eigenvalue weighted by molar-refractivity contribution is -0.118. The third-order valence-electron chi connectivity index (χ3n) is 2.66. The van der Waals surface area contributed by atoms with Crippen molar-refractivity contribution in [2.75, 3.05) is 20.3 Å². The van der Waals surface area contributed by atoms with Crippen LogP contribution in [0, 0.1) is 0 Å². The van der Waals surface area contributed by atoms with Crippen molar-refractivity contribution in [3.8, 4) is 11.5 Å². The van der Waals surface area contributed by atoms with Gasteiger partial charge in [0.05, 0.1) is 13.3 Å². The molecule has 3 amide bonds. The Morgan fingerprint density at radius 1 is 1.43 bits per heavy atom. The highest BCUT2D eigenvalue weighted by Crippen LogP contribution is 2.27. The summed E-state index contributed by atoms with van der Waals surface area (Å²) < 4.78 is 10.7. The lowest BCUT2D eigenvalue weighted by atomic mass is 10.2. The lowest BCUT2D eigenvalue weighted by Crippen LogP contribution is -2.24. The molecule has 0 saturated carbocycles. The molecule has 1 N–H and O–H groups in total. The van der Waals surface area contributed by atoms with Gasteiger partial charge in [-0.05, 0) is 23.8 Å². The van der Waals surface area contributed by atoms with Gasteiger partial charge in [-0.15, -0.1) is 0 Å². The molecule has 2 rings (SSSR count). The fourth-order valence-electron chi connectivity index (χ4n) is 1.69. The van der Waals surface area contributed by atoms with Gasteiger partial charge in [-0.1, -0.05) is 12.7 Å². The molecule has 7 nitrogen and oxygen atoms in total. The van der Waals surface area contributed by atoms with Crippen LogP contribution in [0.15, 0.2) is 36.0 Å². The Labute approximate surface area is 121 Å². The average molecular weight is 289 g/mol. The van der Waals surface area contributed by atoms with Crippen LogP contribution in [0.4, 0.5) is 4.79 Å². The minimum atomic E-state index is -0.533. The highest BCUT2D eigenvalue weighted by molar-refractivity contribution is 6.02. The molecule has 0 aliphatic carbocycles. The molecule has 0 atom stereocenters. The Morgan fingerprint density at radius 3 is 2.86 bits per heavy atom. The van der Waals surface area contributed by atoms with Gasteiger partial charge in [0, 0.05) is 0 Å². The number of hydrazone groups is 1. The number of nitrogens with one attached hydrogen (secondary N) is 1. The number of carbonyl (C=O) groups excluding carboxylic acids is 2. The number of hydrogen-bond donors (Lipinski definition) is 1. The predicted molar refractivity (Wildman–Crippen MR) is 76.5 cm³/mol. The van der Waals surface area contributed by atoms with E-state index in [2.05, 4.69) is 17.0 Å². The van der Waals surface area contributed by atoms with Gasteiger partial charge in [0.2, 0.25) is 5.91 Å². The van der Waals surface area contributed by atoms with Gasteiger partial charge in [-0.3, -0.25) is 10.1 Å². The summed E-state index contributed by atoms with van der Waals surface area (Å²) in [5.74, 6) is 0.759. The first kappa shape index (κ1) is 14.6. The molecule has 1 aliphatic heterocycles. The van der Waals surface area contributed by atoms with Crippen LogP contribution >= 0.6 is 0 Å². The Hall–Kier alpha value is -2.83. The van der Waals surface area contributed by atoms with Crippen molar-refractivity contribution in [3.63, 3.8) is 0 Å². The normalized spacial score (nSPS) is 14.4. The van der Waals surface area contributed by atoms with E-state index in [0.29, 0.717) is 23.7 Å². The van der Waals surface area contributed by atoms with Crippen LogP contribution in [0.1, 0.15) is 5.56 Å². The molecule has 0 radical (unpaired) electrons. The van der Waals surface area contributed by atoms with E-state index in [1.165, 1.54) is 13.3 Å². The van der Waals surface area contributed by atoms with Crippen LogP contribution in [-0.2, 0) is 4.79 Å². The first-order chi connectivity index (χ1) is 10.1. The van der Waals surface area contributed by atoms with Crippen molar-refractivity contribution in [2.45, 2.75) is 0 Å². The summed E-state index contributed by atoms with van der Waals surface area (Å²) in [5.41, 5.74) is 0.713. The van der Waals surface area contributed by atoms with Gasteiger partial charge in [0.25, 0.3) is 0 Å². The number of ether oxygens (including phenoxy) is 2. The van der Waals surface area contributed by atoms with Crippen LogP contribution in [0.2, 0.25) is 0 Å². The number of benzene rings is 1. The first-order valence-corrected chi connectivity index (χ1v) is 6.21. The van der Waals surface area contributed by atoms with Gasteiger partial charge in [-0.25, -0.2) is 9.80 Å². The first-order valence-electron chi connectivity index (χ1n) is 6.21. The summed E-state index contributed by atoms with van der Waals surface area (Å²) in [5, 5.41) is 7.15. The third-order valence-corrected chi connectivity index (χ3v) is 2.66. The highest BCUT2D eigenvalue weighted by atomic mass is 16.5. The number of hydrogen-bond acceptors (Lipinski definition) is 5. The fourth-order valence-corrected chi connectivity index (χ4v) is 1.69. The Kier molecular flexibility index (Phi) is 4.55. The van der Waals surface area contributed by atoms with Crippen LogP contribution in [0.5, 0.6) is 11.5 Å². The molecule has 0 aromatic heterocycles. The number of methoxy groups -OCH3 is 1. The molecule has 1 aliphatic rings. The van der Waals surface area contributed by atoms with Crippen molar-refractivity contribution < 1.29 is 19.1 Å². The zero-order chi connectivity index (χ0) is 15.2. The van der Waals surface area contributed by atoms with Crippen LogP contribution in [0.25, 0.3) is 0 Å². The molecule has 21 heavy (non-hydrogen) atoms. The molecule has 110 valence electrons. The maximum absolute atomic E-state index is 11.3. The molecule has 1 aromatic rings. The number of urea groups is 1. The number of carbonyl (C=O) groups is 2. The molecular formula is C14H15N3O4. The monoisotopic (exact) mass is 289 g/mol. The Bertz CT molecular complexity index is 598. The summed E-state index contributed by atoms with van der Waals surface area (Å²) >= 11 is 0. The van der Waals surface area contributed by atoms with Crippen molar-refractivity contribution >= 4 is 18.2 Å². The van der Waals surface area contributed by atoms with E-state index in [-0.39, 0.29) is 12.5 Å². The molecule has 0 spiro atoms. The second-order valence-corrected chi connectivity index (χ2v) is 4.17. The number of rotatable bonds is 6. The van der Waals surface area contributed by atoms with E-state index in [1.54, 1.807) is 24.3 Å². The minimum absolute atomic E-state index is 0.0764. The zero-order valence-electron chi connectivity index (χ0n) is 11.5. The SMILES string of the molecule is C=CCOc1ccc(/C=N/N2CC(=O)NC2=O)cc1OC. The van der Waals surface area contributed by atoms with E-state index >= 15 is 0 Å². The summed E-state index contributed by atoms with van der Waals surface area (Å²) in [6, 6.07) is 4.69. The van der Waals surface area contributed by atoms with E-state index in [4.69, 9.17) is 9.47 Å². The summed E-state index contributed by atoms with van der Waals surface area (Å²) in [7, 11) is 1.53. The second kappa shape index (κ2) is 6.56. The number of imide groups is 1. The summed E-state index contributed by atoms with van der Waals surface area (Å²) in [6.45, 7) is 3.88. The Balaban J connectivity index is 2.11. The lowest BCUT2D eigenvalue weighted by Gasteiger charge is -2.10. The number of amides is 3. The third kappa shape index (κ3) is 3.59. The molecule has 0 bridgehead atoms. The fraction of sp³-hybridized carbons (Fsp3) is 0.214. The molecule has 0 unspecified atom stereocenters. The largest absolute Gasteiger partial charge is 0.493 e. The predicted octanol–water partition coefficient (Wildman–Crippen LogP) is 1.15. The molecule has 7 heteroatoms.